The lowest BCUT2D eigenvalue weighted by Crippen LogP contribution is -2.54. The minimum absolute atomic E-state index is 0.776. The summed E-state index contributed by atoms with van der Waals surface area (Å²) in [6, 6.07) is 0.884. The molecule has 0 radical (unpaired) electrons. The van der Waals surface area contributed by atoms with Crippen molar-refractivity contribution in [3.63, 3.8) is 0 Å². The highest BCUT2D eigenvalue weighted by Crippen LogP contribution is 2.35. The summed E-state index contributed by atoms with van der Waals surface area (Å²) in [5.41, 5.74) is 0. The van der Waals surface area contributed by atoms with Gasteiger partial charge in [-0.3, -0.25) is 4.90 Å². The van der Waals surface area contributed by atoms with E-state index in [9.17, 15) is 0 Å². The maximum absolute atomic E-state index is 3.65. The average Bonchev–Trinajstić information content (AvgIpc) is 2.20. The highest BCUT2D eigenvalue weighted by molar-refractivity contribution is 4.92. The van der Waals surface area contributed by atoms with Gasteiger partial charge in [0.05, 0.1) is 0 Å². The number of likely N-dealkylation sites (tertiary alicyclic amines) is 1. The van der Waals surface area contributed by atoms with Crippen LogP contribution in [0.5, 0.6) is 0 Å². The summed E-state index contributed by atoms with van der Waals surface area (Å²) in [6.45, 7) is 14.5. The fourth-order valence-electron chi connectivity index (χ4n) is 3.81. The third-order valence-electron chi connectivity index (χ3n) is 4.70. The normalized spacial score (nSPS) is 37.8. The Balaban J connectivity index is 1.75. The molecule has 1 saturated heterocycles. The van der Waals surface area contributed by atoms with Crippen molar-refractivity contribution in [1.29, 1.82) is 0 Å². The van der Waals surface area contributed by atoms with Crippen LogP contribution in [0.1, 0.15) is 47.0 Å². The molecule has 1 aliphatic carbocycles. The fourth-order valence-corrected chi connectivity index (χ4v) is 3.81. The van der Waals surface area contributed by atoms with Gasteiger partial charge in [0.1, 0.15) is 0 Å². The Morgan fingerprint density at radius 2 is 1.78 bits per heavy atom. The van der Waals surface area contributed by atoms with Gasteiger partial charge in [0, 0.05) is 19.1 Å². The molecule has 0 aromatic rings. The third kappa shape index (κ3) is 3.71. The molecule has 2 aliphatic rings. The first kappa shape index (κ1) is 14.3. The van der Waals surface area contributed by atoms with E-state index in [4.69, 9.17) is 0 Å². The molecule has 0 aromatic carbocycles. The summed E-state index contributed by atoms with van der Waals surface area (Å²) in [5.74, 6) is 3.50. The van der Waals surface area contributed by atoms with Gasteiger partial charge in [0.2, 0.25) is 0 Å². The summed E-state index contributed by atoms with van der Waals surface area (Å²) < 4.78 is 0. The highest BCUT2D eigenvalue weighted by atomic mass is 15.2. The molecule has 1 aliphatic heterocycles. The summed E-state index contributed by atoms with van der Waals surface area (Å²) in [5, 5.41) is 3.65. The standard InChI is InChI=1S/C16H32N2/c1-12(2)8-17-9-15-5-6-16(15)18-10-13(3)7-14(4)11-18/h12-17H,5-11H2,1-4H3. The molecule has 1 heterocycles. The minimum atomic E-state index is 0.776. The zero-order chi connectivity index (χ0) is 13.1. The quantitative estimate of drug-likeness (QED) is 0.809. The van der Waals surface area contributed by atoms with Crippen LogP contribution >= 0.6 is 0 Å². The summed E-state index contributed by atoms with van der Waals surface area (Å²) in [4.78, 5) is 2.80. The van der Waals surface area contributed by atoms with E-state index in [2.05, 4.69) is 37.9 Å². The number of piperidine rings is 1. The molecular weight excluding hydrogens is 220 g/mol. The zero-order valence-corrected chi connectivity index (χ0v) is 12.8. The molecule has 4 atom stereocenters. The van der Waals surface area contributed by atoms with E-state index >= 15 is 0 Å². The number of nitrogens with zero attached hydrogens (tertiary/aromatic N) is 1. The SMILES string of the molecule is CC(C)CNCC1CCC1N1CC(C)CC(C)C1. The largest absolute Gasteiger partial charge is 0.316 e. The maximum atomic E-state index is 3.65. The third-order valence-corrected chi connectivity index (χ3v) is 4.70. The van der Waals surface area contributed by atoms with E-state index in [1.807, 2.05) is 0 Å². The van der Waals surface area contributed by atoms with E-state index in [-0.39, 0.29) is 0 Å². The van der Waals surface area contributed by atoms with Crippen molar-refractivity contribution >= 4 is 0 Å². The van der Waals surface area contributed by atoms with Crippen molar-refractivity contribution in [3.8, 4) is 0 Å². The Hall–Kier alpha value is -0.0800. The number of hydrogen-bond donors (Lipinski definition) is 1. The lowest BCUT2D eigenvalue weighted by molar-refractivity contribution is 0.0141. The van der Waals surface area contributed by atoms with E-state index in [1.165, 1.54) is 45.4 Å². The topological polar surface area (TPSA) is 15.3 Å². The van der Waals surface area contributed by atoms with Crippen molar-refractivity contribution in [1.82, 2.24) is 10.2 Å². The lowest BCUT2D eigenvalue weighted by atomic mass is 9.76. The van der Waals surface area contributed by atoms with Crippen molar-refractivity contribution in [2.75, 3.05) is 26.2 Å². The lowest BCUT2D eigenvalue weighted by Gasteiger charge is -2.48. The van der Waals surface area contributed by atoms with Crippen LogP contribution in [0.2, 0.25) is 0 Å². The van der Waals surface area contributed by atoms with Crippen LogP contribution in [-0.4, -0.2) is 37.1 Å². The first-order valence-corrected chi connectivity index (χ1v) is 8.01. The zero-order valence-electron chi connectivity index (χ0n) is 12.8. The van der Waals surface area contributed by atoms with Gasteiger partial charge in [-0.1, -0.05) is 27.7 Å². The number of nitrogens with one attached hydrogen (secondary N) is 1. The van der Waals surface area contributed by atoms with E-state index in [0.717, 1.165) is 29.7 Å². The molecule has 0 bridgehead atoms. The second-order valence-corrected chi connectivity index (χ2v) is 7.36. The first-order valence-electron chi connectivity index (χ1n) is 8.01. The Kier molecular flexibility index (Phi) is 5.08. The molecule has 2 fully saturated rings. The van der Waals surface area contributed by atoms with E-state index < -0.39 is 0 Å². The molecular formula is C16H32N2. The molecule has 18 heavy (non-hydrogen) atoms. The Labute approximate surface area is 114 Å². The number of hydrogen-bond acceptors (Lipinski definition) is 2. The molecule has 1 N–H and O–H groups in total. The first-order chi connectivity index (χ1) is 8.56. The molecule has 1 saturated carbocycles. The van der Waals surface area contributed by atoms with Crippen molar-refractivity contribution < 1.29 is 0 Å². The summed E-state index contributed by atoms with van der Waals surface area (Å²) >= 11 is 0. The highest BCUT2D eigenvalue weighted by Gasteiger charge is 2.37. The van der Waals surface area contributed by atoms with Crippen LogP contribution in [0.4, 0.5) is 0 Å². The molecule has 2 heteroatoms. The molecule has 2 rings (SSSR count). The molecule has 106 valence electrons. The van der Waals surface area contributed by atoms with Crippen molar-refractivity contribution in [3.05, 3.63) is 0 Å². The Morgan fingerprint density at radius 1 is 1.11 bits per heavy atom. The monoisotopic (exact) mass is 252 g/mol. The molecule has 4 unspecified atom stereocenters. The predicted molar refractivity (Wildman–Crippen MR) is 78.7 cm³/mol. The second kappa shape index (κ2) is 6.38. The van der Waals surface area contributed by atoms with Crippen LogP contribution in [-0.2, 0) is 0 Å². The van der Waals surface area contributed by atoms with Gasteiger partial charge in [-0.2, -0.15) is 0 Å². The van der Waals surface area contributed by atoms with Crippen LogP contribution < -0.4 is 5.32 Å². The Bertz CT molecular complexity index is 241. The van der Waals surface area contributed by atoms with Crippen LogP contribution in [0.3, 0.4) is 0 Å². The van der Waals surface area contributed by atoms with Crippen LogP contribution in [0, 0.1) is 23.7 Å². The molecule has 2 nitrogen and oxygen atoms in total. The summed E-state index contributed by atoms with van der Waals surface area (Å²) in [7, 11) is 0. The predicted octanol–water partition coefficient (Wildman–Crippen LogP) is 2.99. The van der Waals surface area contributed by atoms with Gasteiger partial charge in [0.25, 0.3) is 0 Å². The van der Waals surface area contributed by atoms with E-state index in [0.29, 0.717) is 0 Å². The maximum Gasteiger partial charge on any atom is 0.0136 e. The van der Waals surface area contributed by atoms with Gasteiger partial charge in [-0.15, -0.1) is 0 Å². The molecule has 0 aromatic heterocycles. The fraction of sp³-hybridized carbons (Fsp3) is 1.00. The molecule has 0 amide bonds. The minimum Gasteiger partial charge on any atom is -0.316 e. The van der Waals surface area contributed by atoms with Gasteiger partial charge >= 0.3 is 0 Å². The second-order valence-electron chi connectivity index (χ2n) is 7.36. The van der Waals surface area contributed by atoms with Gasteiger partial charge in [-0.05, 0) is 56.0 Å². The number of rotatable bonds is 5. The van der Waals surface area contributed by atoms with Crippen LogP contribution in [0.25, 0.3) is 0 Å². The average molecular weight is 252 g/mol. The van der Waals surface area contributed by atoms with Gasteiger partial charge in [-0.25, -0.2) is 0 Å². The van der Waals surface area contributed by atoms with Gasteiger partial charge in [0.15, 0.2) is 0 Å². The van der Waals surface area contributed by atoms with Crippen molar-refractivity contribution in [2.45, 2.75) is 53.0 Å². The smallest absolute Gasteiger partial charge is 0.0136 e. The Morgan fingerprint density at radius 3 is 2.28 bits per heavy atom. The summed E-state index contributed by atoms with van der Waals surface area (Å²) in [6.07, 6.45) is 4.31. The van der Waals surface area contributed by atoms with Crippen LogP contribution in [0.15, 0.2) is 0 Å². The van der Waals surface area contributed by atoms with Crippen molar-refractivity contribution in [2.24, 2.45) is 23.7 Å². The molecule has 0 spiro atoms. The van der Waals surface area contributed by atoms with Gasteiger partial charge < -0.3 is 5.32 Å². The van der Waals surface area contributed by atoms with E-state index in [1.54, 1.807) is 0 Å².